The van der Waals surface area contributed by atoms with E-state index in [4.69, 9.17) is 0 Å². The maximum Gasteiger partial charge on any atom is 0.396 e. The number of hydrogen-bond acceptors (Lipinski definition) is 3. The summed E-state index contributed by atoms with van der Waals surface area (Å²) in [6.45, 7) is 9.13. The molecule has 0 amide bonds. The van der Waals surface area contributed by atoms with Gasteiger partial charge in [0.1, 0.15) is 12.2 Å². The summed E-state index contributed by atoms with van der Waals surface area (Å²) in [4.78, 5) is 7.98. The van der Waals surface area contributed by atoms with Crippen molar-refractivity contribution in [1.82, 2.24) is 15.3 Å². The van der Waals surface area contributed by atoms with Crippen molar-refractivity contribution in [2.24, 2.45) is 0 Å². The number of aromatic nitrogens is 2. The van der Waals surface area contributed by atoms with Gasteiger partial charge >= 0.3 is 6.18 Å². The number of aryl methyl sites for hydroxylation is 2. The lowest BCUT2D eigenvalue weighted by Gasteiger charge is -2.18. The largest absolute Gasteiger partial charge is 0.396 e. The van der Waals surface area contributed by atoms with Gasteiger partial charge in [-0.1, -0.05) is 13.8 Å². The molecule has 0 radical (unpaired) electrons. The Morgan fingerprint density at radius 3 is 2.11 bits per heavy atom. The van der Waals surface area contributed by atoms with Crippen LogP contribution < -0.4 is 5.32 Å². The lowest BCUT2D eigenvalue weighted by atomic mass is 9.98. The monoisotopic (exact) mass is 275 g/mol. The zero-order valence-electron chi connectivity index (χ0n) is 11.7. The van der Waals surface area contributed by atoms with Crippen LogP contribution in [0.3, 0.4) is 0 Å². The average molecular weight is 275 g/mol. The Morgan fingerprint density at radius 1 is 1.16 bits per heavy atom. The van der Waals surface area contributed by atoms with Gasteiger partial charge in [-0.3, -0.25) is 0 Å². The average Bonchev–Trinajstić information content (AvgIpc) is 2.22. The quantitative estimate of drug-likeness (QED) is 0.898. The molecule has 1 atom stereocenters. The minimum Gasteiger partial charge on any atom is -0.316 e. The molecule has 6 heteroatoms. The topological polar surface area (TPSA) is 37.8 Å². The molecule has 1 N–H and O–H groups in total. The van der Waals surface area contributed by atoms with Crippen LogP contribution in [-0.4, -0.2) is 29.2 Å². The molecule has 0 spiro atoms. The van der Waals surface area contributed by atoms with Gasteiger partial charge in [-0.15, -0.1) is 0 Å². The first-order chi connectivity index (χ1) is 8.74. The molecule has 0 bridgehead atoms. The van der Waals surface area contributed by atoms with E-state index in [0.29, 0.717) is 11.4 Å². The molecule has 0 saturated carbocycles. The second-order valence-electron chi connectivity index (χ2n) is 4.73. The van der Waals surface area contributed by atoms with Crippen molar-refractivity contribution in [2.45, 2.75) is 46.2 Å². The Bertz CT molecular complexity index is 407. The first kappa shape index (κ1) is 15.9. The van der Waals surface area contributed by atoms with E-state index in [2.05, 4.69) is 15.3 Å². The van der Waals surface area contributed by atoms with E-state index in [1.54, 1.807) is 13.8 Å². The number of likely N-dealkylation sites (N-methyl/N-ethyl adjacent to an activating group) is 1. The number of nitrogens with zero attached hydrogens (tertiary/aromatic N) is 2. The van der Waals surface area contributed by atoms with E-state index < -0.39 is 12.6 Å². The number of halogens is 3. The minimum absolute atomic E-state index is 0.151. The third-order valence-corrected chi connectivity index (χ3v) is 2.92. The van der Waals surface area contributed by atoms with Crippen LogP contribution in [0.1, 0.15) is 42.5 Å². The van der Waals surface area contributed by atoms with E-state index in [-0.39, 0.29) is 11.7 Å². The summed E-state index contributed by atoms with van der Waals surface area (Å²) < 4.78 is 37.0. The molecule has 1 heterocycles. The molecule has 0 aliphatic heterocycles. The van der Waals surface area contributed by atoms with Crippen LogP contribution in [0.4, 0.5) is 13.2 Å². The Labute approximate surface area is 111 Å². The van der Waals surface area contributed by atoms with Gasteiger partial charge in [-0.05, 0) is 31.9 Å². The molecule has 1 unspecified atom stereocenters. The molecule has 1 rings (SSSR count). The van der Waals surface area contributed by atoms with Gasteiger partial charge in [0.2, 0.25) is 0 Å². The van der Waals surface area contributed by atoms with Crippen molar-refractivity contribution >= 4 is 0 Å². The second-order valence-corrected chi connectivity index (χ2v) is 4.73. The zero-order valence-corrected chi connectivity index (χ0v) is 11.7. The molecule has 19 heavy (non-hydrogen) atoms. The Balaban J connectivity index is 2.97. The van der Waals surface area contributed by atoms with E-state index in [9.17, 15) is 13.2 Å². The summed E-state index contributed by atoms with van der Waals surface area (Å²) in [5, 5.41) is 3.22. The fourth-order valence-electron chi connectivity index (χ4n) is 2.23. The van der Waals surface area contributed by atoms with Gasteiger partial charge in [0.05, 0.1) is 0 Å². The molecule has 108 valence electrons. The normalized spacial score (nSPS) is 13.6. The third kappa shape index (κ3) is 4.78. The summed E-state index contributed by atoms with van der Waals surface area (Å²) in [5.74, 6) is 0.0294. The summed E-state index contributed by atoms with van der Waals surface area (Å²) in [6, 6.07) is 0. The van der Waals surface area contributed by atoms with Gasteiger partial charge in [0.25, 0.3) is 0 Å². The standard InChI is InChI=1S/C13H20F3N3/c1-5-17-7-8(2)12-9(3)18-11(19-10(12)4)6-13(14,15)16/h8,17H,5-7H2,1-4H3. The zero-order chi connectivity index (χ0) is 14.6. The number of hydrogen-bond donors (Lipinski definition) is 1. The van der Waals surface area contributed by atoms with Crippen LogP contribution >= 0.6 is 0 Å². The first-order valence-electron chi connectivity index (χ1n) is 6.36. The van der Waals surface area contributed by atoms with E-state index in [1.165, 1.54) is 0 Å². The Hall–Kier alpha value is -1.17. The maximum absolute atomic E-state index is 12.3. The Kier molecular flexibility index (Phi) is 5.29. The van der Waals surface area contributed by atoms with Gasteiger partial charge in [-0.25, -0.2) is 9.97 Å². The van der Waals surface area contributed by atoms with Gasteiger partial charge in [0, 0.05) is 17.9 Å². The highest BCUT2D eigenvalue weighted by atomic mass is 19.4. The van der Waals surface area contributed by atoms with Crippen molar-refractivity contribution in [2.75, 3.05) is 13.1 Å². The van der Waals surface area contributed by atoms with Crippen LogP contribution in [0, 0.1) is 13.8 Å². The smallest absolute Gasteiger partial charge is 0.316 e. The minimum atomic E-state index is -4.27. The molecule has 0 aliphatic carbocycles. The highest BCUT2D eigenvalue weighted by molar-refractivity contribution is 5.28. The molecular formula is C13H20F3N3. The van der Waals surface area contributed by atoms with Gasteiger partial charge in [0.15, 0.2) is 0 Å². The number of alkyl halides is 3. The lowest BCUT2D eigenvalue weighted by Crippen LogP contribution is -2.22. The molecule has 0 aromatic carbocycles. The molecule has 1 aromatic rings. The van der Waals surface area contributed by atoms with Crippen LogP contribution in [-0.2, 0) is 6.42 Å². The number of rotatable bonds is 5. The summed E-state index contributed by atoms with van der Waals surface area (Å²) >= 11 is 0. The van der Waals surface area contributed by atoms with E-state index in [1.807, 2.05) is 13.8 Å². The van der Waals surface area contributed by atoms with E-state index in [0.717, 1.165) is 18.7 Å². The van der Waals surface area contributed by atoms with Crippen LogP contribution in [0.5, 0.6) is 0 Å². The Morgan fingerprint density at radius 2 is 1.68 bits per heavy atom. The first-order valence-corrected chi connectivity index (χ1v) is 6.36. The van der Waals surface area contributed by atoms with Crippen LogP contribution in [0.2, 0.25) is 0 Å². The molecule has 0 saturated heterocycles. The second kappa shape index (κ2) is 6.32. The number of nitrogens with one attached hydrogen (secondary N) is 1. The highest BCUT2D eigenvalue weighted by Gasteiger charge is 2.30. The van der Waals surface area contributed by atoms with Crippen molar-refractivity contribution in [3.63, 3.8) is 0 Å². The van der Waals surface area contributed by atoms with Crippen molar-refractivity contribution in [1.29, 1.82) is 0 Å². The maximum atomic E-state index is 12.3. The molecule has 0 fully saturated rings. The van der Waals surface area contributed by atoms with Crippen molar-refractivity contribution in [3.8, 4) is 0 Å². The third-order valence-electron chi connectivity index (χ3n) is 2.92. The fraction of sp³-hybridized carbons (Fsp3) is 0.692. The fourth-order valence-corrected chi connectivity index (χ4v) is 2.23. The summed E-state index contributed by atoms with van der Waals surface area (Å²) in [5.41, 5.74) is 2.21. The van der Waals surface area contributed by atoms with Crippen molar-refractivity contribution < 1.29 is 13.2 Å². The van der Waals surface area contributed by atoms with Crippen LogP contribution in [0.25, 0.3) is 0 Å². The molecule has 0 aliphatic rings. The molecule has 3 nitrogen and oxygen atoms in total. The van der Waals surface area contributed by atoms with E-state index >= 15 is 0 Å². The predicted molar refractivity (Wildman–Crippen MR) is 68.2 cm³/mol. The van der Waals surface area contributed by atoms with Crippen molar-refractivity contribution in [3.05, 3.63) is 22.8 Å². The summed E-state index contributed by atoms with van der Waals surface area (Å²) in [7, 11) is 0. The highest BCUT2D eigenvalue weighted by Crippen LogP contribution is 2.24. The predicted octanol–water partition coefficient (Wildman–Crippen LogP) is 2.91. The van der Waals surface area contributed by atoms with Gasteiger partial charge < -0.3 is 5.32 Å². The molecular weight excluding hydrogens is 255 g/mol. The molecule has 1 aromatic heterocycles. The summed E-state index contributed by atoms with van der Waals surface area (Å²) in [6.07, 6.45) is -5.34. The van der Waals surface area contributed by atoms with Crippen LogP contribution in [0.15, 0.2) is 0 Å². The SMILES string of the molecule is CCNCC(C)c1c(C)nc(CC(F)(F)F)nc1C. The van der Waals surface area contributed by atoms with Gasteiger partial charge in [-0.2, -0.15) is 13.2 Å². The lowest BCUT2D eigenvalue weighted by molar-refractivity contribution is -0.128.